The van der Waals surface area contributed by atoms with Crippen LogP contribution in [0.15, 0.2) is 49.2 Å². The summed E-state index contributed by atoms with van der Waals surface area (Å²) in [6.07, 6.45) is 7.34. The van der Waals surface area contributed by atoms with Gasteiger partial charge >= 0.3 is 6.03 Å². The van der Waals surface area contributed by atoms with Crippen molar-refractivity contribution >= 4 is 22.8 Å². The number of benzene rings is 1. The number of hydrogen-bond acceptors (Lipinski definition) is 6. The van der Waals surface area contributed by atoms with Gasteiger partial charge in [0, 0.05) is 61.8 Å². The number of piperazine rings is 1. The number of nitrogens with zero attached hydrogens (tertiary/aromatic N) is 7. The third-order valence-electron chi connectivity index (χ3n) is 6.49. The highest BCUT2D eigenvalue weighted by molar-refractivity contribution is 5.90. The Kier molecular flexibility index (Phi) is 6.60. The number of amides is 2. The van der Waals surface area contributed by atoms with E-state index in [2.05, 4.69) is 36.3 Å². The van der Waals surface area contributed by atoms with Gasteiger partial charge in [-0.2, -0.15) is 10.4 Å². The summed E-state index contributed by atoms with van der Waals surface area (Å²) in [6, 6.07) is 8.19. The molecule has 10 nitrogen and oxygen atoms in total. The Hall–Kier alpha value is -4.30. The zero-order chi connectivity index (χ0) is 25.1. The van der Waals surface area contributed by atoms with Crippen LogP contribution >= 0.6 is 0 Å². The Bertz CT molecular complexity index is 1410. The number of H-pyrrole nitrogens is 1. The number of aryl methyl sites for hydroxylation is 1. The summed E-state index contributed by atoms with van der Waals surface area (Å²) >= 11 is 0. The van der Waals surface area contributed by atoms with Gasteiger partial charge in [0.25, 0.3) is 0 Å². The molecule has 1 aromatic carbocycles. The van der Waals surface area contributed by atoms with E-state index in [0.717, 1.165) is 22.3 Å². The number of carbonyl (C=O) groups is 1. The second-order valence-corrected chi connectivity index (χ2v) is 8.86. The number of hydrogen-bond donors (Lipinski definition) is 2. The van der Waals surface area contributed by atoms with Gasteiger partial charge in [0.05, 0.1) is 30.4 Å². The number of aromatic amines is 1. The van der Waals surface area contributed by atoms with E-state index in [4.69, 9.17) is 0 Å². The number of aromatic nitrogens is 5. The van der Waals surface area contributed by atoms with E-state index in [9.17, 15) is 14.4 Å². The Morgan fingerprint density at radius 1 is 1.25 bits per heavy atom. The first-order valence-electron chi connectivity index (χ1n) is 11.8. The van der Waals surface area contributed by atoms with E-state index in [-0.39, 0.29) is 17.9 Å². The van der Waals surface area contributed by atoms with Crippen LogP contribution in [0.4, 0.5) is 14.9 Å². The molecule has 2 N–H and O–H groups in total. The Balaban J connectivity index is 1.21. The van der Waals surface area contributed by atoms with Gasteiger partial charge in [-0.25, -0.2) is 19.2 Å². The standard InChI is InChI=1S/C25H26FN9O/c1-17-12-19(26)2-3-22(17)32-25(36)34-10-8-33(9-11-34)15-20(4-6-27)35-14-18(13-31-35)23-21-5-7-28-24(21)30-16-29-23/h2-3,5,7,12-14,16,20H,4,8-11,15H2,1H3,(H,32,36)(H,28,29,30). The molecule has 5 rings (SSSR count). The molecule has 184 valence electrons. The van der Waals surface area contributed by atoms with E-state index in [0.29, 0.717) is 50.4 Å². The number of nitriles is 1. The minimum atomic E-state index is -0.329. The molecule has 1 aliphatic rings. The van der Waals surface area contributed by atoms with Crippen LogP contribution in [0.1, 0.15) is 18.0 Å². The molecular formula is C25H26FN9O. The lowest BCUT2D eigenvalue weighted by Crippen LogP contribution is -2.51. The van der Waals surface area contributed by atoms with Crippen molar-refractivity contribution in [1.29, 1.82) is 5.26 Å². The molecule has 0 bridgehead atoms. The van der Waals surface area contributed by atoms with Crippen LogP contribution in [-0.2, 0) is 0 Å². The molecule has 2 amide bonds. The number of nitrogens with one attached hydrogen (secondary N) is 2. The Morgan fingerprint density at radius 2 is 2.08 bits per heavy atom. The van der Waals surface area contributed by atoms with Crippen LogP contribution in [0, 0.1) is 24.1 Å². The molecule has 0 saturated carbocycles. The van der Waals surface area contributed by atoms with Crippen molar-refractivity contribution in [3.8, 4) is 17.3 Å². The highest BCUT2D eigenvalue weighted by atomic mass is 19.1. The van der Waals surface area contributed by atoms with Crippen LogP contribution in [0.2, 0.25) is 0 Å². The fraction of sp³-hybridized carbons (Fsp3) is 0.320. The van der Waals surface area contributed by atoms with Crippen LogP contribution < -0.4 is 5.32 Å². The molecule has 0 radical (unpaired) electrons. The normalized spacial score (nSPS) is 15.1. The number of anilines is 1. The SMILES string of the molecule is Cc1cc(F)ccc1NC(=O)N1CCN(CC(CC#N)n2cc(-c3ncnc4[nH]ccc34)cn2)CC1. The number of fused-ring (bicyclic) bond motifs is 1. The van der Waals surface area contributed by atoms with Gasteiger partial charge < -0.3 is 15.2 Å². The first-order valence-corrected chi connectivity index (χ1v) is 11.8. The van der Waals surface area contributed by atoms with Crippen LogP contribution in [0.3, 0.4) is 0 Å². The maximum absolute atomic E-state index is 13.3. The first kappa shape index (κ1) is 23.4. The van der Waals surface area contributed by atoms with Crippen molar-refractivity contribution in [3.05, 3.63) is 60.6 Å². The van der Waals surface area contributed by atoms with Gasteiger partial charge in [0.2, 0.25) is 0 Å². The summed E-state index contributed by atoms with van der Waals surface area (Å²) in [4.78, 5) is 28.4. The van der Waals surface area contributed by atoms with Crippen molar-refractivity contribution in [1.82, 2.24) is 34.5 Å². The zero-order valence-corrected chi connectivity index (χ0v) is 19.9. The maximum Gasteiger partial charge on any atom is 0.321 e. The molecular weight excluding hydrogens is 461 g/mol. The van der Waals surface area contributed by atoms with Crippen molar-refractivity contribution in [2.75, 3.05) is 38.0 Å². The molecule has 3 aromatic heterocycles. The molecule has 1 unspecified atom stereocenters. The fourth-order valence-corrected chi connectivity index (χ4v) is 4.50. The minimum absolute atomic E-state index is 0.130. The van der Waals surface area contributed by atoms with Crippen molar-refractivity contribution in [2.45, 2.75) is 19.4 Å². The lowest BCUT2D eigenvalue weighted by molar-refractivity contribution is 0.133. The predicted molar refractivity (Wildman–Crippen MR) is 133 cm³/mol. The summed E-state index contributed by atoms with van der Waals surface area (Å²) in [7, 11) is 0. The molecule has 1 fully saturated rings. The lowest BCUT2D eigenvalue weighted by Gasteiger charge is -2.36. The number of halogens is 1. The van der Waals surface area contributed by atoms with E-state index in [1.54, 1.807) is 24.1 Å². The predicted octanol–water partition coefficient (Wildman–Crippen LogP) is 3.57. The molecule has 11 heteroatoms. The molecule has 4 heterocycles. The fourth-order valence-electron chi connectivity index (χ4n) is 4.50. The summed E-state index contributed by atoms with van der Waals surface area (Å²) < 4.78 is 15.2. The van der Waals surface area contributed by atoms with Gasteiger partial charge in [0.1, 0.15) is 17.8 Å². The van der Waals surface area contributed by atoms with Crippen molar-refractivity contribution in [2.24, 2.45) is 0 Å². The maximum atomic E-state index is 13.3. The van der Waals surface area contributed by atoms with Gasteiger partial charge in [-0.3, -0.25) is 9.58 Å². The van der Waals surface area contributed by atoms with E-state index < -0.39 is 0 Å². The third-order valence-corrected chi connectivity index (χ3v) is 6.49. The van der Waals surface area contributed by atoms with E-state index in [1.807, 2.05) is 23.1 Å². The van der Waals surface area contributed by atoms with Crippen LogP contribution in [0.5, 0.6) is 0 Å². The quantitative estimate of drug-likeness (QED) is 0.429. The number of rotatable bonds is 6. The molecule has 0 aliphatic carbocycles. The molecule has 1 atom stereocenters. The van der Waals surface area contributed by atoms with Gasteiger partial charge in [-0.05, 0) is 36.8 Å². The average Bonchev–Trinajstić information content (AvgIpc) is 3.56. The summed E-state index contributed by atoms with van der Waals surface area (Å²) in [6.45, 7) is 4.89. The molecule has 4 aromatic rings. The lowest BCUT2D eigenvalue weighted by atomic mass is 10.1. The van der Waals surface area contributed by atoms with Gasteiger partial charge in [0.15, 0.2) is 0 Å². The smallest absolute Gasteiger partial charge is 0.321 e. The highest BCUT2D eigenvalue weighted by Gasteiger charge is 2.25. The van der Waals surface area contributed by atoms with Crippen LogP contribution in [-0.4, -0.2) is 73.3 Å². The Labute approximate surface area is 207 Å². The average molecular weight is 488 g/mol. The zero-order valence-electron chi connectivity index (χ0n) is 19.9. The third kappa shape index (κ3) is 4.89. The number of carbonyl (C=O) groups excluding carboxylic acids is 1. The molecule has 0 spiro atoms. The largest absolute Gasteiger partial charge is 0.346 e. The second kappa shape index (κ2) is 10.1. The second-order valence-electron chi connectivity index (χ2n) is 8.86. The molecule has 1 saturated heterocycles. The summed E-state index contributed by atoms with van der Waals surface area (Å²) in [5.74, 6) is -0.329. The summed E-state index contributed by atoms with van der Waals surface area (Å²) in [5, 5.41) is 17.8. The molecule has 36 heavy (non-hydrogen) atoms. The van der Waals surface area contributed by atoms with Crippen molar-refractivity contribution < 1.29 is 9.18 Å². The van der Waals surface area contributed by atoms with Crippen LogP contribution in [0.25, 0.3) is 22.3 Å². The highest BCUT2D eigenvalue weighted by Crippen LogP contribution is 2.26. The molecule has 1 aliphatic heterocycles. The van der Waals surface area contributed by atoms with E-state index >= 15 is 0 Å². The summed E-state index contributed by atoms with van der Waals surface area (Å²) in [5.41, 5.74) is 3.70. The minimum Gasteiger partial charge on any atom is -0.346 e. The van der Waals surface area contributed by atoms with Crippen molar-refractivity contribution in [3.63, 3.8) is 0 Å². The monoisotopic (exact) mass is 487 g/mol. The van der Waals surface area contributed by atoms with Gasteiger partial charge in [-0.15, -0.1) is 0 Å². The van der Waals surface area contributed by atoms with Gasteiger partial charge in [-0.1, -0.05) is 0 Å². The first-order chi connectivity index (χ1) is 17.5. The Morgan fingerprint density at radius 3 is 2.86 bits per heavy atom. The number of urea groups is 1. The van der Waals surface area contributed by atoms with E-state index in [1.165, 1.54) is 18.5 Å². The topological polar surface area (TPSA) is 119 Å².